The van der Waals surface area contributed by atoms with Crippen molar-refractivity contribution in [1.29, 1.82) is 0 Å². The Kier molecular flexibility index (Phi) is 9.43. The fourth-order valence-electron chi connectivity index (χ4n) is 1.84. The average Bonchev–Trinajstić information content (AvgIpc) is 2.86. The average molecular weight is 394 g/mol. The molecule has 2 aromatic rings. The molecule has 0 atom stereocenters. The molecule has 4 nitrogen and oxygen atoms in total. The fourth-order valence-corrected chi connectivity index (χ4v) is 2.67. The zero-order chi connectivity index (χ0) is 16.2. The molecule has 0 spiro atoms. The normalized spacial score (nSPS) is 10.5. The molecule has 0 unspecified atom stereocenters. The second kappa shape index (κ2) is 9.93. The first-order valence-electron chi connectivity index (χ1n) is 7.05. The molecule has 134 valence electrons. The number of hydrogen-bond donors (Lipinski definition) is 2. The minimum atomic E-state index is -0.425. The van der Waals surface area contributed by atoms with Gasteiger partial charge in [0.1, 0.15) is 5.82 Å². The molecule has 0 fully saturated rings. The van der Waals surface area contributed by atoms with Crippen molar-refractivity contribution >= 4 is 42.1 Å². The molecule has 8 heteroatoms. The summed E-state index contributed by atoms with van der Waals surface area (Å²) in [5.41, 5.74) is 7.14. The monoisotopic (exact) mass is 393 g/mol. The molecule has 0 aliphatic heterocycles. The molecular formula is C16H22Cl2FN3OS. The highest BCUT2D eigenvalue weighted by Gasteiger charge is 2.13. The van der Waals surface area contributed by atoms with Crippen molar-refractivity contribution in [3.63, 3.8) is 0 Å². The number of hydrogen-bond acceptors (Lipinski definition) is 4. The third-order valence-corrected chi connectivity index (χ3v) is 3.85. The lowest BCUT2D eigenvalue weighted by molar-refractivity contribution is -0.120. The van der Waals surface area contributed by atoms with Crippen LogP contribution in [0.2, 0.25) is 0 Å². The van der Waals surface area contributed by atoms with Crippen LogP contribution in [0.4, 0.5) is 4.39 Å². The molecule has 2 rings (SSSR count). The molecule has 0 radical (unpaired) electrons. The number of nitrogens with zero attached hydrogens (tertiary/aromatic N) is 1. The van der Waals surface area contributed by atoms with Gasteiger partial charge in [0.05, 0.1) is 17.1 Å². The van der Waals surface area contributed by atoms with E-state index in [9.17, 15) is 9.18 Å². The van der Waals surface area contributed by atoms with Gasteiger partial charge in [0.15, 0.2) is 0 Å². The van der Waals surface area contributed by atoms with Gasteiger partial charge in [0.25, 0.3) is 0 Å². The Bertz CT molecular complexity index is 642. The summed E-state index contributed by atoms with van der Waals surface area (Å²) in [6.45, 7) is 4.15. The van der Waals surface area contributed by atoms with E-state index in [1.165, 1.54) is 23.5 Å². The van der Waals surface area contributed by atoms with E-state index >= 15 is 0 Å². The van der Waals surface area contributed by atoms with E-state index in [1.807, 2.05) is 19.2 Å². The number of halogens is 3. The second-order valence-corrected chi connectivity index (χ2v) is 6.92. The molecule has 1 amide bonds. The molecule has 1 heterocycles. The molecule has 0 saturated heterocycles. The van der Waals surface area contributed by atoms with E-state index in [0.29, 0.717) is 13.0 Å². The predicted octanol–water partition coefficient (Wildman–Crippen LogP) is 3.11. The van der Waals surface area contributed by atoms with Crippen LogP contribution >= 0.6 is 36.2 Å². The summed E-state index contributed by atoms with van der Waals surface area (Å²) in [5, 5.41) is 5.59. The molecule has 24 heavy (non-hydrogen) atoms. The van der Waals surface area contributed by atoms with Crippen LogP contribution in [0.3, 0.4) is 0 Å². The van der Waals surface area contributed by atoms with E-state index in [2.05, 4.69) is 10.3 Å². The highest BCUT2D eigenvalue weighted by molar-refractivity contribution is 7.09. The summed E-state index contributed by atoms with van der Waals surface area (Å²) >= 11 is 1.50. The number of carbonyl (C=O) groups excluding carboxylic acids is 1. The van der Waals surface area contributed by atoms with Crippen LogP contribution in [0.25, 0.3) is 0 Å². The lowest BCUT2D eigenvalue weighted by Gasteiger charge is -2.18. The Morgan fingerprint density at radius 2 is 1.92 bits per heavy atom. The number of thiazole rings is 1. The third-order valence-electron chi connectivity index (χ3n) is 2.95. The maximum absolute atomic E-state index is 12.9. The van der Waals surface area contributed by atoms with Crippen LogP contribution in [0.5, 0.6) is 0 Å². The highest BCUT2D eigenvalue weighted by atomic mass is 35.5. The summed E-state index contributed by atoms with van der Waals surface area (Å²) in [4.78, 5) is 16.3. The fraction of sp³-hybridized carbons (Fsp3) is 0.375. The zero-order valence-electron chi connectivity index (χ0n) is 13.5. The zero-order valence-corrected chi connectivity index (χ0v) is 16.0. The Morgan fingerprint density at radius 3 is 2.50 bits per heavy atom. The number of amides is 1. The smallest absolute Gasteiger partial charge is 0.226 e. The van der Waals surface area contributed by atoms with Crippen molar-refractivity contribution in [3.05, 3.63) is 51.7 Å². The number of rotatable bonds is 6. The Labute approximate surface area is 157 Å². The van der Waals surface area contributed by atoms with Crippen molar-refractivity contribution in [2.75, 3.05) is 6.54 Å². The van der Waals surface area contributed by atoms with Gasteiger partial charge in [0.2, 0.25) is 5.91 Å². The van der Waals surface area contributed by atoms with E-state index in [4.69, 9.17) is 5.73 Å². The highest BCUT2D eigenvalue weighted by Crippen LogP contribution is 2.15. The lowest BCUT2D eigenvalue weighted by atomic mass is 10.1. The predicted molar refractivity (Wildman–Crippen MR) is 101 cm³/mol. The first kappa shape index (κ1) is 22.8. The van der Waals surface area contributed by atoms with E-state index < -0.39 is 5.54 Å². The lowest BCUT2D eigenvalue weighted by Crippen LogP contribution is -2.45. The maximum atomic E-state index is 12.9. The van der Waals surface area contributed by atoms with Crippen molar-refractivity contribution in [2.24, 2.45) is 5.73 Å². The van der Waals surface area contributed by atoms with Gasteiger partial charge >= 0.3 is 0 Å². The number of nitrogens with one attached hydrogen (secondary N) is 1. The molecule has 1 aromatic carbocycles. The first-order chi connectivity index (χ1) is 10.3. The quantitative estimate of drug-likeness (QED) is 0.791. The van der Waals surface area contributed by atoms with Gasteiger partial charge in [-0.2, -0.15) is 0 Å². The molecule has 0 aliphatic carbocycles. The topological polar surface area (TPSA) is 68.0 Å². The summed E-state index contributed by atoms with van der Waals surface area (Å²) in [5.74, 6) is -0.333. The molecule has 0 aliphatic rings. The standard InChI is InChI=1S/C16H20FN3OS.2ClH/c1-16(2,18)10-19-14(21)8-13-9-22-15(20-13)7-11-3-5-12(17)6-4-11;;/h3-6,9H,7-8,10,18H2,1-2H3,(H,19,21);2*1H. The number of benzene rings is 1. The molecule has 0 saturated carbocycles. The summed E-state index contributed by atoms with van der Waals surface area (Å²) < 4.78 is 12.9. The Morgan fingerprint density at radius 1 is 1.29 bits per heavy atom. The van der Waals surface area contributed by atoms with Crippen LogP contribution in [0.15, 0.2) is 29.6 Å². The van der Waals surface area contributed by atoms with Gasteiger partial charge in [-0.25, -0.2) is 9.37 Å². The van der Waals surface area contributed by atoms with Gasteiger partial charge in [-0.3, -0.25) is 4.79 Å². The Balaban J connectivity index is 0.00000264. The minimum absolute atomic E-state index is 0. The summed E-state index contributed by atoms with van der Waals surface area (Å²) in [7, 11) is 0. The molecule has 3 N–H and O–H groups in total. The van der Waals surface area contributed by atoms with Gasteiger partial charge in [-0.15, -0.1) is 36.2 Å². The van der Waals surface area contributed by atoms with Crippen LogP contribution in [0, 0.1) is 5.82 Å². The van der Waals surface area contributed by atoms with Crippen LogP contribution in [-0.4, -0.2) is 23.0 Å². The second-order valence-electron chi connectivity index (χ2n) is 5.98. The maximum Gasteiger partial charge on any atom is 0.226 e. The number of nitrogens with two attached hydrogens (primary N) is 1. The molecule has 1 aromatic heterocycles. The summed E-state index contributed by atoms with van der Waals surface area (Å²) in [6.07, 6.45) is 0.887. The SMILES string of the molecule is CC(C)(N)CNC(=O)Cc1csc(Cc2ccc(F)cc2)n1.Cl.Cl. The first-order valence-corrected chi connectivity index (χ1v) is 7.93. The van der Waals surface area contributed by atoms with Gasteiger partial charge < -0.3 is 11.1 Å². The van der Waals surface area contributed by atoms with Crippen LogP contribution in [0.1, 0.15) is 30.1 Å². The third kappa shape index (κ3) is 8.06. The number of carbonyl (C=O) groups is 1. The van der Waals surface area contributed by atoms with Crippen molar-refractivity contribution in [3.8, 4) is 0 Å². The minimum Gasteiger partial charge on any atom is -0.354 e. The molecular weight excluding hydrogens is 372 g/mol. The van der Waals surface area contributed by atoms with Gasteiger partial charge in [-0.1, -0.05) is 12.1 Å². The van der Waals surface area contributed by atoms with Crippen LogP contribution in [-0.2, 0) is 17.6 Å². The molecule has 0 bridgehead atoms. The Hall–Kier alpha value is -1.21. The summed E-state index contributed by atoms with van der Waals surface area (Å²) in [6, 6.07) is 6.36. The van der Waals surface area contributed by atoms with Crippen molar-refractivity contribution in [1.82, 2.24) is 10.3 Å². The number of aromatic nitrogens is 1. The van der Waals surface area contributed by atoms with E-state index in [0.717, 1.165) is 16.3 Å². The van der Waals surface area contributed by atoms with E-state index in [1.54, 1.807) is 12.1 Å². The van der Waals surface area contributed by atoms with Crippen molar-refractivity contribution < 1.29 is 9.18 Å². The largest absolute Gasteiger partial charge is 0.354 e. The van der Waals surface area contributed by atoms with Crippen molar-refractivity contribution in [2.45, 2.75) is 32.2 Å². The van der Waals surface area contributed by atoms with E-state index in [-0.39, 0.29) is 43.0 Å². The van der Waals surface area contributed by atoms with Gasteiger partial charge in [-0.05, 0) is 31.5 Å². The van der Waals surface area contributed by atoms with Gasteiger partial charge in [0, 0.05) is 23.9 Å². The van der Waals surface area contributed by atoms with Crippen LogP contribution < -0.4 is 11.1 Å².